The number of aryl methyl sites for hydroxylation is 1. The highest BCUT2D eigenvalue weighted by molar-refractivity contribution is 6.15. The van der Waals surface area contributed by atoms with Gasteiger partial charge < -0.3 is 18.3 Å². The number of allylic oxidation sites excluding steroid dienone is 11. The molecule has 0 amide bonds. The Labute approximate surface area is 586 Å². The second-order valence-electron chi connectivity index (χ2n) is 27.9. The zero-order valence-corrected chi connectivity index (χ0v) is 56.2. The molecule has 101 heavy (non-hydrogen) atoms. The van der Waals surface area contributed by atoms with Crippen molar-refractivity contribution >= 4 is 84.0 Å². The first-order chi connectivity index (χ1) is 49.6. The van der Waals surface area contributed by atoms with Crippen LogP contribution in [0.15, 0.2) is 242 Å². The van der Waals surface area contributed by atoms with Crippen LogP contribution in [0.5, 0.6) is 0 Å². The van der Waals surface area contributed by atoms with Crippen molar-refractivity contribution in [3.8, 4) is 64.0 Å². The van der Waals surface area contributed by atoms with E-state index in [0.29, 0.717) is 28.7 Å². The Morgan fingerprint density at radius 1 is 0.525 bits per heavy atom. The summed E-state index contributed by atoms with van der Waals surface area (Å²) >= 11 is 0. The highest BCUT2D eigenvalue weighted by Crippen LogP contribution is 2.53. The fourth-order valence-corrected chi connectivity index (χ4v) is 17.9. The number of rotatable bonds is 9. The van der Waals surface area contributed by atoms with E-state index in [9.17, 15) is 26.3 Å². The van der Waals surface area contributed by atoms with E-state index in [0.717, 1.165) is 143 Å². The molecule has 0 aliphatic heterocycles. The molecule has 4 atom stereocenters. The molecule has 0 N–H and O–H groups in total. The largest absolute Gasteiger partial charge is 0.332 e. The zero-order chi connectivity index (χ0) is 68.4. The minimum absolute atomic E-state index is 0.00658. The van der Waals surface area contributed by atoms with Gasteiger partial charge in [0.05, 0.1) is 80.9 Å². The summed E-state index contributed by atoms with van der Waals surface area (Å²) in [5, 5.41) is 59.3. The van der Waals surface area contributed by atoms with E-state index in [4.69, 9.17) is 0 Å². The number of nitriles is 5. The maximum atomic E-state index is 11.3. The van der Waals surface area contributed by atoms with E-state index >= 15 is 0 Å². The summed E-state index contributed by atoms with van der Waals surface area (Å²) in [5.41, 5.74) is 27.3. The Balaban J connectivity index is 0.765. The lowest BCUT2D eigenvalue weighted by atomic mass is 9.68. The molecule has 5 aliphatic carbocycles. The average Bonchev–Trinajstić information content (AvgIpc) is 1.59. The Bertz CT molecular complexity index is 6290. The predicted octanol–water partition coefficient (Wildman–Crippen LogP) is 21.9. The predicted molar refractivity (Wildman–Crippen MR) is 408 cm³/mol. The Kier molecular flexibility index (Phi) is 14.2. The fraction of sp³-hybridized carbons (Fsp3) is 0.141. The van der Waals surface area contributed by atoms with Gasteiger partial charge in [-0.15, -0.1) is 0 Å². The Hall–Kier alpha value is -13.0. The quantitative estimate of drug-likeness (QED) is 0.142. The van der Waals surface area contributed by atoms with Crippen molar-refractivity contribution < 1.29 is 0 Å². The van der Waals surface area contributed by atoms with Crippen LogP contribution in [0.25, 0.3) is 118 Å². The van der Waals surface area contributed by atoms with Crippen LogP contribution in [0.3, 0.4) is 0 Å². The number of aromatic nitrogens is 4. The van der Waals surface area contributed by atoms with Gasteiger partial charge in [0.25, 0.3) is 0 Å². The fourth-order valence-electron chi connectivity index (χ4n) is 17.9. The van der Waals surface area contributed by atoms with Crippen molar-refractivity contribution in [3.05, 3.63) is 314 Å². The molecule has 4 aromatic heterocycles. The summed E-state index contributed by atoms with van der Waals surface area (Å²) in [7, 11) is 0. The molecule has 9 aromatic carbocycles. The highest BCUT2D eigenvalue weighted by atomic mass is 15.0. The monoisotopic (exact) mass is 1300 g/mol. The molecule has 4 heterocycles. The van der Waals surface area contributed by atoms with Crippen molar-refractivity contribution in [1.29, 1.82) is 26.3 Å². The molecular formula is C92H65N9. The molecule has 5 aliphatic rings. The lowest BCUT2D eigenvalue weighted by Gasteiger charge is -2.38. The van der Waals surface area contributed by atoms with Crippen LogP contribution in [-0.4, -0.2) is 18.3 Å². The van der Waals surface area contributed by atoms with E-state index in [1.807, 2.05) is 60.7 Å². The van der Waals surface area contributed by atoms with Gasteiger partial charge in [-0.25, -0.2) is 0 Å². The van der Waals surface area contributed by atoms with Gasteiger partial charge in [0, 0.05) is 123 Å². The van der Waals surface area contributed by atoms with E-state index in [-0.39, 0.29) is 17.9 Å². The molecule has 4 unspecified atom stereocenters. The summed E-state index contributed by atoms with van der Waals surface area (Å²) in [6, 6.07) is 77.6. The van der Waals surface area contributed by atoms with Crippen molar-refractivity contribution in [2.45, 2.75) is 82.6 Å². The summed E-state index contributed by atoms with van der Waals surface area (Å²) in [5.74, 6) is -0.249. The van der Waals surface area contributed by atoms with Crippen LogP contribution < -0.4 is 0 Å². The average molecular weight is 1300 g/mol. The number of hydrogen-bond acceptors (Lipinski definition) is 5. The third kappa shape index (κ3) is 9.23. The molecule has 478 valence electrons. The SMILES string of the molecule is CC1=CC=C(n2c3c(c4ccccc42)CCC=C3)CC1(C)c1cccc(C#N)c1-c1ccccc1-n1c2c(c3c1C(C)CC(C#N)=C3)C=C(c1cccc3c1c1ccccc1n3-c1ccc(C#N)c(-c3ccc(C#N)cc3C3C=CC=CC3n3c4ccccc4c4cc(C#N)ccc43)c1)CC2. The van der Waals surface area contributed by atoms with Gasteiger partial charge in [-0.2, -0.15) is 26.3 Å². The molecule has 18 rings (SSSR count). The van der Waals surface area contributed by atoms with Gasteiger partial charge in [0.2, 0.25) is 0 Å². The van der Waals surface area contributed by atoms with E-state index in [1.54, 1.807) is 0 Å². The highest BCUT2D eigenvalue weighted by Gasteiger charge is 2.39. The first kappa shape index (κ1) is 60.4. The van der Waals surface area contributed by atoms with Crippen molar-refractivity contribution in [2.24, 2.45) is 0 Å². The van der Waals surface area contributed by atoms with Gasteiger partial charge in [0.15, 0.2) is 0 Å². The van der Waals surface area contributed by atoms with Crippen LogP contribution >= 0.6 is 0 Å². The second-order valence-corrected chi connectivity index (χ2v) is 27.9. The van der Waals surface area contributed by atoms with Crippen molar-refractivity contribution in [3.63, 3.8) is 0 Å². The number of nitrogens with zero attached hydrogens (tertiary/aromatic N) is 9. The van der Waals surface area contributed by atoms with E-state index in [2.05, 4.69) is 258 Å². The number of hydrogen-bond donors (Lipinski definition) is 0. The lowest BCUT2D eigenvalue weighted by Crippen LogP contribution is -2.28. The molecule has 0 fully saturated rings. The van der Waals surface area contributed by atoms with E-state index in [1.165, 1.54) is 50.4 Å². The molecule has 0 radical (unpaired) electrons. The third-order valence-corrected chi connectivity index (χ3v) is 22.6. The molecule has 9 heteroatoms. The maximum absolute atomic E-state index is 11.3. The summed E-state index contributed by atoms with van der Waals surface area (Å²) < 4.78 is 9.68. The lowest BCUT2D eigenvalue weighted by molar-refractivity contribution is 0.559. The molecule has 13 aromatic rings. The molecule has 9 nitrogen and oxygen atoms in total. The Morgan fingerprint density at radius 3 is 2.06 bits per heavy atom. The van der Waals surface area contributed by atoms with Crippen LogP contribution in [0.4, 0.5) is 0 Å². The minimum atomic E-state index is -0.487. The van der Waals surface area contributed by atoms with Crippen LogP contribution in [0, 0.1) is 56.7 Å². The van der Waals surface area contributed by atoms with Crippen LogP contribution in [-0.2, 0) is 18.3 Å². The minimum Gasteiger partial charge on any atom is -0.332 e. The van der Waals surface area contributed by atoms with Gasteiger partial charge in [0.1, 0.15) is 0 Å². The van der Waals surface area contributed by atoms with Gasteiger partial charge in [-0.05, 0) is 182 Å². The van der Waals surface area contributed by atoms with Crippen molar-refractivity contribution in [1.82, 2.24) is 18.3 Å². The molecule has 0 spiro atoms. The molecule has 0 saturated carbocycles. The molecule has 0 saturated heterocycles. The van der Waals surface area contributed by atoms with Gasteiger partial charge in [-0.3, -0.25) is 0 Å². The second kappa shape index (κ2) is 23.7. The maximum Gasteiger partial charge on any atom is 0.0998 e. The first-order valence-corrected chi connectivity index (χ1v) is 34.9. The number of para-hydroxylation sites is 4. The number of benzene rings is 9. The smallest absolute Gasteiger partial charge is 0.0998 e. The summed E-state index contributed by atoms with van der Waals surface area (Å²) in [6.45, 7) is 6.86. The standard InChI is InChI=1S/C92H65N9/c1-56-44-60(53-95)47-78-77-48-61(38-43-87(77)101(91(56)78)85-32-15-8-23-72(85)89-63(55-97)18-16-26-79(89)92(3)50-65(39-34-57(92)2)99-80-27-10-4-19-68(80)69-20-5-11-28-81(69)99)66-25-17-33-88-90(66)73-24-9-14-31-84(73)98(88)64-40-37-62(54-96)74(49-64)67-41-35-58(51-93)45-75(67)70-21-6-12-29-82(70)100-83-30-13-7-22-71(83)76-46-59(52-94)36-42-86(76)100/h4,6-19,21-37,39-42,45-49,56,70,82H,5,20,38,43-44,50H2,1-3H3. The number of fused-ring (bicyclic) bond motifs is 12. The van der Waals surface area contributed by atoms with Crippen LogP contribution in [0.1, 0.15) is 137 Å². The van der Waals surface area contributed by atoms with Gasteiger partial charge >= 0.3 is 0 Å². The van der Waals surface area contributed by atoms with Crippen molar-refractivity contribution in [2.75, 3.05) is 0 Å². The topological polar surface area (TPSA) is 139 Å². The third-order valence-electron chi connectivity index (χ3n) is 22.6. The van der Waals surface area contributed by atoms with Crippen LogP contribution in [0.2, 0.25) is 0 Å². The Morgan fingerprint density at radius 2 is 1.24 bits per heavy atom. The first-order valence-electron chi connectivity index (χ1n) is 34.9. The molecular weight excluding hydrogens is 1230 g/mol. The normalized spacial score (nSPS) is 18.2. The van der Waals surface area contributed by atoms with Gasteiger partial charge in [-0.1, -0.05) is 159 Å². The summed E-state index contributed by atoms with van der Waals surface area (Å²) in [4.78, 5) is 0. The zero-order valence-electron chi connectivity index (χ0n) is 56.2. The summed E-state index contributed by atoms with van der Waals surface area (Å²) in [6.07, 6.45) is 27.2. The molecule has 0 bridgehead atoms. The van der Waals surface area contributed by atoms with E-state index < -0.39 is 5.41 Å².